The number of nitriles is 1. The first-order valence-electron chi connectivity index (χ1n) is 7.36. The van der Waals surface area contributed by atoms with Crippen LogP contribution in [-0.4, -0.2) is 18.0 Å². The summed E-state index contributed by atoms with van der Waals surface area (Å²) < 4.78 is 96.6. The fraction of sp³-hybridized carbons (Fsp3) is 0.333. The van der Waals surface area contributed by atoms with Crippen LogP contribution in [0, 0.1) is 17.8 Å². The molecule has 0 aliphatic heterocycles. The minimum atomic E-state index is -6.28. The number of nitrogens with zero attached hydrogens (tertiary/aromatic N) is 1. The number of hydrogen-bond donors (Lipinski definition) is 0. The van der Waals surface area contributed by atoms with Crippen LogP contribution in [0.25, 0.3) is 0 Å². The summed E-state index contributed by atoms with van der Waals surface area (Å²) in [6.45, 7) is 2.54. The lowest BCUT2D eigenvalue weighted by Crippen LogP contribution is -2.65. The summed E-state index contributed by atoms with van der Waals surface area (Å²) in [6.07, 6.45) is -10.1. The van der Waals surface area contributed by atoms with Gasteiger partial charge in [0.15, 0.2) is 0 Å². The van der Waals surface area contributed by atoms with Crippen molar-refractivity contribution in [2.24, 2.45) is 0 Å². The van der Waals surface area contributed by atoms with Crippen LogP contribution in [0.5, 0.6) is 0 Å². The van der Waals surface area contributed by atoms with Gasteiger partial charge in [0.1, 0.15) is 0 Å². The fourth-order valence-corrected chi connectivity index (χ4v) is 3.31. The van der Waals surface area contributed by atoms with Gasteiger partial charge in [-0.05, 0) is 25.5 Å². The Morgan fingerprint density at radius 1 is 0.846 bits per heavy atom. The molecule has 0 atom stereocenters. The van der Waals surface area contributed by atoms with Gasteiger partial charge in [-0.25, -0.2) is 4.39 Å². The van der Waals surface area contributed by atoms with E-state index < -0.39 is 34.6 Å². The predicted molar refractivity (Wildman–Crippen MR) is 80.6 cm³/mol. The Bertz CT molecular complexity index is 774. The molecule has 1 radical (unpaired) electrons. The molecular formula is C18H13F7N. The smallest absolute Gasteiger partial charge is 0.222 e. The molecule has 139 valence electrons. The van der Waals surface area contributed by atoms with Crippen molar-refractivity contribution in [1.29, 1.82) is 5.26 Å². The van der Waals surface area contributed by atoms with Gasteiger partial charge in [0.2, 0.25) is 0 Å². The first-order chi connectivity index (χ1) is 11.8. The highest BCUT2D eigenvalue weighted by Gasteiger charge is 2.81. The van der Waals surface area contributed by atoms with Crippen molar-refractivity contribution in [1.82, 2.24) is 0 Å². The molecule has 0 fully saturated rings. The lowest BCUT2D eigenvalue weighted by molar-refractivity contribution is -0.354. The lowest BCUT2D eigenvalue weighted by Gasteiger charge is -2.45. The van der Waals surface area contributed by atoms with Gasteiger partial charge in [-0.3, -0.25) is 0 Å². The van der Waals surface area contributed by atoms with Gasteiger partial charge in [-0.2, -0.15) is 31.6 Å². The average Bonchev–Trinajstić information content (AvgIpc) is 2.50. The number of hydrogen-bond acceptors (Lipinski definition) is 1. The molecule has 0 bridgehead atoms. The molecule has 0 saturated heterocycles. The lowest BCUT2D eigenvalue weighted by atomic mass is 9.62. The van der Waals surface area contributed by atoms with E-state index >= 15 is 4.39 Å². The van der Waals surface area contributed by atoms with Crippen LogP contribution < -0.4 is 0 Å². The van der Waals surface area contributed by atoms with E-state index in [-0.39, 0.29) is 11.1 Å². The largest absolute Gasteiger partial charge is 0.433 e. The molecule has 2 rings (SSSR count). The highest BCUT2D eigenvalue weighted by molar-refractivity contribution is 5.57. The van der Waals surface area contributed by atoms with Crippen molar-refractivity contribution in [3.05, 3.63) is 65.1 Å². The molecule has 1 aromatic carbocycles. The van der Waals surface area contributed by atoms with E-state index in [4.69, 9.17) is 0 Å². The minimum absolute atomic E-state index is 0.0215. The Balaban J connectivity index is 3.05. The van der Waals surface area contributed by atoms with Crippen molar-refractivity contribution in [3.63, 3.8) is 0 Å². The van der Waals surface area contributed by atoms with Crippen LogP contribution >= 0.6 is 0 Å². The summed E-state index contributed by atoms with van der Waals surface area (Å²) in [4.78, 5) is 0. The Labute approximate surface area is 145 Å². The van der Waals surface area contributed by atoms with E-state index in [1.165, 1.54) is 26.3 Å². The van der Waals surface area contributed by atoms with E-state index in [0.717, 1.165) is 18.2 Å². The first kappa shape index (κ1) is 20.0. The summed E-state index contributed by atoms with van der Waals surface area (Å²) in [5.41, 5.74) is -10.0. The van der Waals surface area contributed by atoms with Crippen molar-refractivity contribution < 1.29 is 30.7 Å². The predicted octanol–water partition coefficient (Wildman–Crippen LogP) is 5.74. The maximum absolute atomic E-state index is 15.2. The van der Waals surface area contributed by atoms with Gasteiger partial charge in [0, 0.05) is 6.42 Å². The van der Waals surface area contributed by atoms with Crippen molar-refractivity contribution in [3.8, 4) is 6.07 Å². The van der Waals surface area contributed by atoms with Gasteiger partial charge in [-0.1, -0.05) is 41.5 Å². The summed E-state index contributed by atoms with van der Waals surface area (Å²) in [7, 11) is 0. The first-order valence-corrected chi connectivity index (χ1v) is 7.36. The maximum Gasteiger partial charge on any atom is 0.433 e. The Hall–Kier alpha value is -2.30. The Morgan fingerprint density at radius 3 is 1.73 bits per heavy atom. The van der Waals surface area contributed by atoms with Crippen LogP contribution in [0.3, 0.4) is 0 Å². The van der Waals surface area contributed by atoms with Crippen molar-refractivity contribution >= 4 is 0 Å². The summed E-state index contributed by atoms with van der Waals surface area (Å²) in [5.74, 6) is 0. The second-order valence-corrected chi connectivity index (χ2v) is 6.10. The maximum atomic E-state index is 15.2. The van der Waals surface area contributed by atoms with Crippen molar-refractivity contribution in [2.75, 3.05) is 0 Å². The number of halogens is 7. The number of benzene rings is 1. The third kappa shape index (κ3) is 2.79. The zero-order chi connectivity index (χ0) is 20.0. The third-order valence-corrected chi connectivity index (χ3v) is 4.21. The number of allylic oxidation sites excluding steroid dienone is 4. The van der Waals surface area contributed by atoms with Crippen LogP contribution in [0.2, 0.25) is 0 Å². The average molecular weight is 376 g/mol. The van der Waals surface area contributed by atoms with Crippen molar-refractivity contribution in [2.45, 2.75) is 37.3 Å². The molecule has 8 heteroatoms. The number of rotatable bonds is 2. The molecule has 0 amide bonds. The fourth-order valence-electron chi connectivity index (χ4n) is 3.31. The van der Waals surface area contributed by atoms with Gasteiger partial charge in [-0.15, -0.1) is 0 Å². The van der Waals surface area contributed by atoms with Crippen LogP contribution in [0.15, 0.2) is 47.6 Å². The molecule has 26 heavy (non-hydrogen) atoms. The second kappa shape index (κ2) is 6.15. The van der Waals surface area contributed by atoms with Gasteiger partial charge >= 0.3 is 18.0 Å². The van der Waals surface area contributed by atoms with E-state index in [1.807, 2.05) is 0 Å². The topological polar surface area (TPSA) is 23.8 Å². The molecule has 1 aromatic rings. The molecule has 0 spiro atoms. The van der Waals surface area contributed by atoms with E-state index in [9.17, 15) is 31.6 Å². The third-order valence-electron chi connectivity index (χ3n) is 4.21. The molecule has 0 saturated carbocycles. The highest BCUT2D eigenvalue weighted by atomic mass is 19.4. The Kier molecular flexibility index (Phi) is 4.73. The Morgan fingerprint density at radius 2 is 1.31 bits per heavy atom. The molecule has 1 aliphatic carbocycles. The zero-order valence-electron chi connectivity index (χ0n) is 13.6. The van der Waals surface area contributed by atoms with Crippen LogP contribution in [-0.2, 0) is 5.41 Å². The SMILES string of the molecule is CC1=CC(c2ccccc2C#N)(C(F)(C(F)(F)F)C(F)(F)F)C=C(C)[CH]1. The summed E-state index contributed by atoms with van der Waals surface area (Å²) >= 11 is 0. The van der Waals surface area contributed by atoms with E-state index in [0.29, 0.717) is 12.2 Å². The van der Waals surface area contributed by atoms with Crippen LogP contribution in [0.1, 0.15) is 25.0 Å². The monoisotopic (exact) mass is 376 g/mol. The molecule has 0 heterocycles. The molecule has 1 aliphatic rings. The minimum Gasteiger partial charge on any atom is -0.222 e. The molecular weight excluding hydrogens is 363 g/mol. The molecule has 0 unspecified atom stereocenters. The van der Waals surface area contributed by atoms with E-state index in [1.54, 1.807) is 6.07 Å². The van der Waals surface area contributed by atoms with Crippen LogP contribution in [0.4, 0.5) is 30.7 Å². The van der Waals surface area contributed by atoms with E-state index in [2.05, 4.69) is 0 Å². The molecule has 0 aromatic heterocycles. The quantitative estimate of drug-likeness (QED) is 0.604. The summed E-state index contributed by atoms with van der Waals surface area (Å²) in [6, 6.07) is 5.95. The normalized spacial score (nSPS) is 18.0. The van der Waals surface area contributed by atoms with Gasteiger partial charge in [0.25, 0.3) is 0 Å². The molecule has 1 nitrogen and oxygen atoms in total. The second-order valence-electron chi connectivity index (χ2n) is 6.10. The van der Waals surface area contributed by atoms with Gasteiger partial charge < -0.3 is 0 Å². The summed E-state index contributed by atoms with van der Waals surface area (Å²) in [5, 5.41) is 9.18. The zero-order valence-corrected chi connectivity index (χ0v) is 13.6. The standard InChI is InChI=1S/C18H13F7N/c1-11-7-12(2)9-15(8-11,14-6-4-3-5-13(14)10-26)16(19,17(20,21)22)18(23,24)25/h3-9H,1-2H3. The highest BCUT2D eigenvalue weighted by Crippen LogP contribution is 2.60. The molecule has 0 N–H and O–H groups in total. The van der Waals surface area contributed by atoms with Gasteiger partial charge in [0.05, 0.1) is 17.0 Å². The number of alkyl halides is 7.